The Morgan fingerprint density at radius 3 is 2.27 bits per heavy atom. The van der Waals surface area contributed by atoms with Gasteiger partial charge in [0.15, 0.2) is 0 Å². The zero-order valence-corrected chi connectivity index (χ0v) is 28.8. The number of thioether (sulfide) groups is 1. The predicted molar refractivity (Wildman–Crippen MR) is 189 cm³/mol. The largest absolute Gasteiger partial charge is 0.335 e. The number of thiophene rings is 1. The number of benzene rings is 3. The van der Waals surface area contributed by atoms with Crippen molar-refractivity contribution in [1.29, 1.82) is 0 Å². The molecule has 0 aliphatic carbocycles. The quantitative estimate of drug-likeness (QED) is 0.113. The van der Waals surface area contributed by atoms with Crippen LogP contribution in [0.3, 0.4) is 0 Å². The summed E-state index contributed by atoms with van der Waals surface area (Å²) in [5.41, 5.74) is 7.52. The van der Waals surface area contributed by atoms with Gasteiger partial charge in [0.2, 0.25) is 0 Å². The van der Waals surface area contributed by atoms with Gasteiger partial charge >= 0.3 is 0 Å². The third kappa shape index (κ3) is 8.46. The molecule has 1 aromatic heterocycles. The summed E-state index contributed by atoms with van der Waals surface area (Å²) >= 11 is 3.29. The van der Waals surface area contributed by atoms with Gasteiger partial charge in [-0.1, -0.05) is 55.1 Å². The number of fused-ring (bicyclic) bond motifs is 2. The third-order valence-electron chi connectivity index (χ3n) is 7.95. The molecule has 1 aliphatic rings. The molecule has 0 amide bonds. The van der Waals surface area contributed by atoms with E-state index in [4.69, 9.17) is 0 Å². The molecular weight excluding hydrogens is 647 g/mol. The Bertz CT molecular complexity index is 2000. The van der Waals surface area contributed by atoms with E-state index in [1.165, 1.54) is 11.1 Å². The molecule has 45 heavy (non-hydrogen) atoms. The summed E-state index contributed by atoms with van der Waals surface area (Å²) in [4.78, 5) is 4.31. The van der Waals surface area contributed by atoms with E-state index in [-0.39, 0.29) is 17.9 Å². The van der Waals surface area contributed by atoms with Crippen LogP contribution in [-0.2, 0) is 26.7 Å². The van der Waals surface area contributed by atoms with Crippen LogP contribution in [0, 0.1) is 13.8 Å². The zero-order valence-electron chi connectivity index (χ0n) is 25.5. The van der Waals surface area contributed by atoms with E-state index < -0.39 is 20.2 Å². The minimum Gasteiger partial charge on any atom is -0.335 e. The Balaban J connectivity index is 1.54. The molecule has 0 saturated heterocycles. The molecule has 0 bridgehead atoms. The fourth-order valence-corrected chi connectivity index (χ4v) is 8.89. The monoisotopic (exact) mass is 683 g/mol. The molecule has 0 atom stereocenters. The van der Waals surface area contributed by atoms with Crippen molar-refractivity contribution in [3.63, 3.8) is 0 Å². The standard InChI is InChI=1S/C34H37NO6S4/c1-4-25(21-34-35(15-8-9-16-44(36,37)38)30-18-23(2)24(3)19-33(30)43-34)20-32-28(14-17-45(39,40)41)29-22-27(12-13-31(29)42-32)26-10-6-5-7-11-26/h5-7,10-13,18-22H,4,8-9,14-17H2,1-3H3,(H,36,37,38)(H,39,40,41)/b25-20-,34-21+. The number of aryl methyl sites for hydroxylation is 3. The zero-order chi connectivity index (χ0) is 32.4. The molecule has 0 fully saturated rings. The van der Waals surface area contributed by atoms with Gasteiger partial charge in [0.25, 0.3) is 20.2 Å². The second-order valence-corrected chi connectivity index (χ2v) is 16.6. The normalized spacial score (nSPS) is 14.9. The van der Waals surface area contributed by atoms with E-state index in [2.05, 4.69) is 68.2 Å². The maximum atomic E-state index is 11.8. The van der Waals surface area contributed by atoms with Crippen LogP contribution in [-0.4, -0.2) is 44.0 Å². The molecule has 0 saturated carbocycles. The van der Waals surface area contributed by atoms with Crippen LogP contribution < -0.4 is 4.90 Å². The van der Waals surface area contributed by atoms with Gasteiger partial charge in [0, 0.05) is 21.0 Å². The van der Waals surface area contributed by atoms with Crippen LogP contribution in [0.4, 0.5) is 5.69 Å². The summed E-state index contributed by atoms with van der Waals surface area (Å²) in [5.74, 6) is -0.629. The van der Waals surface area contributed by atoms with Crippen molar-refractivity contribution in [2.24, 2.45) is 0 Å². The van der Waals surface area contributed by atoms with Crippen molar-refractivity contribution in [3.05, 3.63) is 98.9 Å². The Hall–Kier alpha value is -2.93. The number of nitrogens with zero attached hydrogens (tertiary/aromatic N) is 1. The lowest BCUT2D eigenvalue weighted by atomic mass is 10.0. The van der Waals surface area contributed by atoms with E-state index in [9.17, 15) is 25.9 Å². The van der Waals surface area contributed by atoms with Gasteiger partial charge in [-0.3, -0.25) is 9.11 Å². The Kier molecular flexibility index (Phi) is 10.3. The highest BCUT2D eigenvalue weighted by Crippen LogP contribution is 2.48. The minimum absolute atomic E-state index is 0.190. The van der Waals surface area contributed by atoms with Gasteiger partial charge < -0.3 is 4.90 Å². The van der Waals surface area contributed by atoms with Crippen molar-refractivity contribution in [2.75, 3.05) is 23.0 Å². The van der Waals surface area contributed by atoms with E-state index in [1.807, 2.05) is 30.3 Å². The molecule has 5 rings (SSSR count). The number of hydrogen-bond acceptors (Lipinski definition) is 7. The van der Waals surface area contributed by atoms with Crippen LogP contribution in [0.1, 0.15) is 47.8 Å². The summed E-state index contributed by atoms with van der Waals surface area (Å²) in [6.07, 6.45) is 6.15. The lowest BCUT2D eigenvalue weighted by Gasteiger charge is -2.21. The molecule has 2 N–H and O–H groups in total. The predicted octanol–water partition coefficient (Wildman–Crippen LogP) is 8.53. The average molecular weight is 684 g/mol. The molecule has 238 valence electrons. The molecule has 0 unspecified atom stereocenters. The number of rotatable bonds is 12. The fourth-order valence-electron chi connectivity index (χ4n) is 5.40. The second kappa shape index (κ2) is 13.8. The first-order valence-corrected chi connectivity index (χ1v) is 19.7. The summed E-state index contributed by atoms with van der Waals surface area (Å²) in [6.45, 7) is 6.85. The first kappa shape index (κ1) is 33.4. The van der Waals surface area contributed by atoms with Crippen LogP contribution in [0.5, 0.6) is 0 Å². The van der Waals surface area contributed by atoms with Gasteiger partial charge in [-0.25, -0.2) is 0 Å². The van der Waals surface area contributed by atoms with Crippen molar-refractivity contribution in [3.8, 4) is 11.1 Å². The topological polar surface area (TPSA) is 112 Å². The van der Waals surface area contributed by atoms with Gasteiger partial charge in [-0.2, -0.15) is 16.8 Å². The molecule has 3 aromatic carbocycles. The van der Waals surface area contributed by atoms with Crippen LogP contribution in [0.2, 0.25) is 0 Å². The lowest BCUT2D eigenvalue weighted by Crippen LogP contribution is -2.20. The molecular formula is C34H37NO6S4. The second-order valence-electron chi connectivity index (χ2n) is 11.3. The van der Waals surface area contributed by atoms with Gasteiger partial charge in [0.05, 0.1) is 22.2 Å². The summed E-state index contributed by atoms with van der Waals surface area (Å²) in [6, 6.07) is 20.6. The molecule has 7 nitrogen and oxygen atoms in total. The van der Waals surface area contributed by atoms with Gasteiger partial charge in [-0.05, 0) is 115 Å². The lowest BCUT2D eigenvalue weighted by molar-refractivity contribution is 0.479. The van der Waals surface area contributed by atoms with Crippen molar-refractivity contribution < 1.29 is 25.9 Å². The number of allylic oxidation sites excluding steroid dienone is 2. The Morgan fingerprint density at radius 1 is 0.867 bits per heavy atom. The van der Waals surface area contributed by atoms with Gasteiger partial charge in [0.1, 0.15) is 0 Å². The number of hydrogen-bond donors (Lipinski definition) is 2. The molecule has 0 spiro atoms. The Morgan fingerprint density at radius 2 is 1.58 bits per heavy atom. The van der Waals surface area contributed by atoms with E-state index >= 15 is 0 Å². The molecule has 2 heterocycles. The first-order chi connectivity index (χ1) is 21.3. The van der Waals surface area contributed by atoms with Gasteiger partial charge in [-0.15, -0.1) is 11.3 Å². The minimum atomic E-state index is -4.16. The van der Waals surface area contributed by atoms with E-state index in [1.54, 1.807) is 23.1 Å². The molecule has 1 aliphatic heterocycles. The SMILES string of the molecule is CCC(=C/c1sc2ccc(-c3ccccc3)cc2c1CCS(=O)(=O)O)/C=C1/Sc2cc(C)c(C)cc2N1CCCCS(=O)(=O)O. The summed E-state index contributed by atoms with van der Waals surface area (Å²) in [5, 5.41) is 2.01. The molecule has 11 heteroatoms. The fraction of sp³-hybridized carbons (Fsp3) is 0.294. The van der Waals surface area contributed by atoms with Crippen molar-refractivity contribution in [1.82, 2.24) is 0 Å². The third-order valence-corrected chi connectivity index (χ3v) is 11.7. The van der Waals surface area contributed by atoms with Crippen molar-refractivity contribution in [2.45, 2.75) is 51.3 Å². The molecule has 0 radical (unpaired) electrons. The maximum Gasteiger partial charge on any atom is 0.265 e. The summed E-state index contributed by atoms with van der Waals surface area (Å²) in [7, 11) is -8.17. The maximum absolute atomic E-state index is 11.8. The average Bonchev–Trinajstić information content (AvgIpc) is 3.49. The highest BCUT2D eigenvalue weighted by molar-refractivity contribution is 8.03. The summed E-state index contributed by atoms with van der Waals surface area (Å²) < 4.78 is 66.0. The Labute approximate surface area is 274 Å². The number of unbranched alkanes of at least 4 members (excludes halogenated alkanes) is 1. The van der Waals surface area contributed by atoms with Crippen LogP contribution in [0.15, 0.2) is 82.2 Å². The van der Waals surface area contributed by atoms with Crippen LogP contribution in [0.25, 0.3) is 27.3 Å². The van der Waals surface area contributed by atoms with E-state index in [0.29, 0.717) is 19.4 Å². The molecule has 4 aromatic rings. The van der Waals surface area contributed by atoms with Crippen LogP contribution >= 0.6 is 23.1 Å². The number of anilines is 1. The van der Waals surface area contributed by atoms with Crippen molar-refractivity contribution >= 4 is 65.2 Å². The highest BCUT2D eigenvalue weighted by Gasteiger charge is 2.26. The highest BCUT2D eigenvalue weighted by atomic mass is 32.2. The first-order valence-electron chi connectivity index (χ1n) is 14.8. The van der Waals surface area contributed by atoms with E-state index in [0.717, 1.165) is 59.3 Å². The smallest absolute Gasteiger partial charge is 0.265 e.